The minimum atomic E-state index is 0.158. The van der Waals surface area contributed by atoms with Gasteiger partial charge in [0, 0.05) is 62.6 Å². The number of carbonyl (C=O) groups is 1. The second kappa shape index (κ2) is 9.35. The molecule has 0 spiro atoms. The van der Waals surface area contributed by atoms with Gasteiger partial charge in [0.25, 0.3) is 0 Å². The van der Waals surface area contributed by atoms with Crippen molar-refractivity contribution in [2.75, 3.05) is 32.8 Å². The number of oxazole rings is 1. The van der Waals surface area contributed by atoms with Gasteiger partial charge in [-0.15, -0.1) is 0 Å². The van der Waals surface area contributed by atoms with Gasteiger partial charge in [-0.1, -0.05) is 23.7 Å². The van der Waals surface area contributed by atoms with E-state index < -0.39 is 0 Å². The number of nitrogens with zero attached hydrogens (tertiary/aromatic N) is 3. The summed E-state index contributed by atoms with van der Waals surface area (Å²) < 4.78 is 11.4. The van der Waals surface area contributed by atoms with E-state index in [1.807, 2.05) is 29.2 Å². The highest BCUT2D eigenvalue weighted by Gasteiger charge is 2.22. The molecule has 3 aromatic rings. The summed E-state index contributed by atoms with van der Waals surface area (Å²) in [5, 5.41) is 0.682. The normalized spacial score (nSPS) is 16.1. The summed E-state index contributed by atoms with van der Waals surface area (Å²) in [4.78, 5) is 21.4. The molecule has 0 saturated carbocycles. The lowest BCUT2D eigenvalue weighted by molar-refractivity contribution is -0.133. The van der Waals surface area contributed by atoms with Crippen molar-refractivity contribution in [1.82, 2.24) is 14.8 Å². The molecular formula is C25H26ClN3O3. The van der Waals surface area contributed by atoms with Crippen LogP contribution in [0.4, 0.5) is 0 Å². The predicted octanol–water partition coefficient (Wildman–Crippen LogP) is 4.21. The molecule has 5 rings (SSSR count). The zero-order valence-electron chi connectivity index (χ0n) is 17.9. The van der Waals surface area contributed by atoms with Crippen LogP contribution in [0, 0.1) is 0 Å². The number of hydrogen-bond donors (Lipinski definition) is 0. The number of hydrogen-bond acceptors (Lipinski definition) is 5. The number of ether oxygens (including phenoxy) is 1. The Kier molecular flexibility index (Phi) is 6.14. The van der Waals surface area contributed by atoms with E-state index in [9.17, 15) is 4.79 Å². The van der Waals surface area contributed by atoms with Crippen LogP contribution in [0.2, 0.25) is 5.02 Å². The molecule has 0 bridgehead atoms. The Labute approximate surface area is 192 Å². The maximum atomic E-state index is 12.7. The fourth-order valence-corrected chi connectivity index (χ4v) is 4.42. The molecule has 2 aliphatic heterocycles. The Morgan fingerprint density at radius 1 is 1.06 bits per heavy atom. The number of piperazine rings is 1. The molecule has 0 unspecified atom stereocenters. The number of fused-ring (bicyclic) bond motifs is 1. The van der Waals surface area contributed by atoms with Gasteiger partial charge < -0.3 is 14.1 Å². The summed E-state index contributed by atoms with van der Waals surface area (Å²) in [6.45, 7) is 5.00. The molecule has 1 fully saturated rings. The van der Waals surface area contributed by atoms with Crippen LogP contribution in [0.25, 0.3) is 11.3 Å². The standard InChI is InChI=1S/C25H26ClN3O3/c26-21-4-2-19(3-5-21)23-16-27-24(32-23)7-8-25(30)29-12-10-28(11-13-29)17-18-1-6-22-20(15-18)9-14-31-22/h1-6,15-16H,7-14,17H2. The van der Waals surface area contributed by atoms with Crippen molar-refractivity contribution in [3.63, 3.8) is 0 Å². The van der Waals surface area contributed by atoms with E-state index >= 15 is 0 Å². The molecular weight excluding hydrogens is 426 g/mol. The number of aryl methyl sites for hydroxylation is 1. The minimum Gasteiger partial charge on any atom is -0.493 e. The highest BCUT2D eigenvalue weighted by molar-refractivity contribution is 6.30. The summed E-state index contributed by atoms with van der Waals surface area (Å²) >= 11 is 5.94. The second-order valence-corrected chi connectivity index (χ2v) is 8.76. The van der Waals surface area contributed by atoms with E-state index in [0.29, 0.717) is 29.5 Å². The molecule has 0 radical (unpaired) electrons. The molecule has 3 heterocycles. The maximum Gasteiger partial charge on any atom is 0.223 e. The van der Waals surface area contributed by atoms with Crippen molar-refractivity contribution < 1.29 is 13.9 Å². The summed E-state index contributed by atoms with van der Waals surface area (Å²) in [6.07, 6.45) is 3.61. The summed E-state index contributed by atoms with van der Waals surface area (Å²) in [5.41, 5.74) is 3.54. The van der Waals surface area contributed by atoms with Crippen molar-refractivity contribution in [2.24, 2.45) is 0 Å². The Balaban J connectivity index is 1.08. The van der Waals surface area contributed by atoms with Gasteiger partial charge in [0.05, 0.1) is 12.8 Å². The fraction of sp³-hybridized carbons (Fsp3) is 0.360. The van der Waals surface area contributed by atoms with Gasteiger partial charge in [0.1, 0.15) is 5.75 Å². The topological polar surface area (TPSA) is 58.8 Å². The van der Waals surface area contributed by atoms with Crippen LogP contribution in [0.3, 0.4) is 0 Å². The highest BCUT2D eigenvalue weighted by Crippen LogP contribution is 2.26. The smallest absolute Gasteiger partial charge is 0.223 e. The Morgan fingerprint density at radius 2 is 1.88 bits per heavy atom. The first-order valence-electron chi connectivity index (χ1n) is 11.1. The summed E-state index contributed by atoms with van der Waals surface area (Å²) in [6, 6.07) is 13.9. The molecule has 166 valence electrons. The molecule has 0 N–H and O–H groups in total. The zero-order valence-corrected chi connectivity index (χ0v) is 18.7. The SMILES string of the molecule is O=C(CCc1ncc(-c2ccc(Cl)cc2)o1)N1CCN(Cc2ccc3c(c2)CCO3)CC1. The van der Waals surface area contributed by atoms with Gasteiger partial charge in [-0.25, -0.2) is 4.98 Å². The Morgan fingerprint density at radius 3 is 2.69 bits per heavy atom. The van der Waals surface area contributed by atoms with Gasteiger partial charge in [0.15, 0.2) is 11.7 Å². The molecule has 6 nitrogen and oxygen atoms in total. The third kappa shape index (κ3) is 4.81. The Hall–Kier alpha value is -2.83. The lowest BCUT2D eigenvalue weighted by Gasteiger charge is -2.34. The molecule has 2 aliphatic rings. The van der Waals surface area contributed by atoms with Crippen molar-refractivity contribution in [2.45, 2.75) is 25.8 Å². The fourth-order valence-electron chi connectivity index (χ4n) is 4.30. The molecule has 32 heavy (non-hydrogen) atoms. The van der Waals surface area contributed by atoms with Gasteiger partial charge in [-0.2, -0.15) is 0 Å². The van der Waals surface area contributed by atoms with Gasteiger partial charge in [-0.05, 0) is 41.5 Å². The number of aromatic nitrogens is 1. The first-order valence-corrected chi connectivity index (χ1v) is 11.5. The number of amides is 1. The number of rotatable bonds is 6. The van der Waals surface area contributed by atoms with E-state index in [0.717, 1.165) is 57.1 Å². The molecule has 0 atom stereocenters. The molecule has 1 aromatic heterocycles. The molecule has 1 saturated heterocycles. The van der Waals surface area contributed by atoms with E-state index in [2.05, 4.69) is 28.1 Å². The average molecular weight is 452 g/mol. The third-order valence-electron chi connectivity index (χ3n) is 6.12. The van der Waals surface area contributed by atoms with E-state index in [-0.39, 0.29) is 5.91 Å². The lowest BCUT2D eigenvalue weighted by Crippen LogP contribution is -2.48. The van der Waals surface area contributed by atoms with Crippen LogP contribution < -0.4 is 4.74 Å². The largest absolute Gasteiger partial charge is 0.493 e. The molecule has 0 aliphatic carbocycles. The monoisotopic (exact) mass is 451 g/mol. The zero-order chi connectivity index (χ0) is 21.9. The first kappa shape index (κ1) is 21.0. The van der Waals surface area contributed by atoms with E-state index in [4.69, 9.17) is 20.8 Å². The van der Waals surface area contributed by atoms with Crippen LogP contribution in [0.5, 0.6) is 5.75 Å². The van der Waals surface area contributed by atoms with Crippen LogP contribution in [0.1, 0.15) is 23.4 Å². The molecule has 1 amide bonds. The summed E-state index contributed by atoms with van der Waals surface area (Å²) in [7, 11) is 0. The molecule has 7 heteroatoms. The van der Waals surface area contributed by atoms with Gasteiger partial charge >= 0.3 is 0 Å². The van der Waals surface area contributed by atoms with Crippen LogP contribution in [0.15, 0.2) is 53.1 Å². The van der Waals surface area contributed by atoms with E-state index in [1.54, 1.807) is 6.20 Å². The van der Waals surface area contributed by atoms with Crippen LogP contribution in [-0.4, -0.2) is 53.5 Å². The first-order chi connectivity index (χ1) is 15.6. The summed E-state index contributed by atoms with van der Waals surface area (Å²) in [5.74, 6) is 2.46. The van der Waals surface area contributed by atoms with Crippen LogP contribution >= 0.6 is 11.6 Å². The number of benzene rings is 2. The van der Waals surface area contributed by atoms with Crippen molar-refractivity contribution in [3.8, 4) is 17.1 Å². The highest BCUT2D eigenvalue weighted by atomic mass is 35.5. The van der Waals surface area contributed by atoms with E-state index in [1.165, 1.54) is 11.1 Å². The predicted molar refractivity (Wildman–Crippen MR) is 123 cm³/mol. The van der Waals surface area contributed by atoms with Crippen LogP contribution in [-0.2, 0) is 24.2 Å². The van der Waals surface area contributed by atoms with Gasteiger partial charge in [0.2, 0.25) is 5.91 Å². The third-order valence-corrected chi connectivity index (χ3v) is 6.37. The van der Waals surface area contributed by atoms with Crippen molar-refractivity contribution >= 4 is 17.5 Å². The maximum absolute atomic E-state index is 12.7. The van der Waals surface area contributed by atoms with Crippen molar-refractivity contribution in [3.05, 3.63) is 70.7 Å². The number of carbonyl (C=O) groups excluding carboxylic acids is 1. The second-order valence-electron chi connectivity index (χ2n) is 8.32. The average Bonchev–Trinajstić information content (AvgIpc) is 3.48. The van der Waals surface area contributed by atoms with Gasteiger partial charge in [-0.3, -0.25) is 9.69 Å². The van der Waals surface area contributed by atoms with Crippen molar-refractivity contribution in [1.29, 1.82) is 0 Å². The minimum absolute atomic E-state index is 0.158. The Bertz CT molecular complexity index is 1090. The quantitative estimate of drug-likeness (QED) is 0.562. The lowest BCUT2D eigenvalue weighted by atomic mass is 10.1. The number of halogens is 1. The molecule has 2 aromatic carbocycles.